The summed E-state index contributed by atoms with van der Waals surface area (Å²) in [7, 11) is 1.68. The largest absolute Gasteiger partial charge is 0.385 e. The lowest BCUT2D eigenvalue weighted by atomic mass is 10.1. The zero-order valence-corrected chi connectivity index (χ0v) is 15.3. The van der Waals surface area contributed by atoms with Crippen LogP contribution >= 0.6 is 0 Å². The van der Waals surface area contributed by atoms with E-state index in [4.69, 9.17) is 9.47 Å². The molecule has 144 valence electrons. The highest BCUT2D eigenvalue weighted by molar-refractivity contribution is 5.79. The second-order valence-electron chi connectivity index (χ2n) is 6.23. The molecule has 2 N–H and O–H groups in total. The molecular formula is C18H28N4O4. The van der Waals surface area contributed by atoms with E-state index in [1.54, 1.807) is 19.2 Å². The van der Waals surface area contributed by atoms with E-state index in [9.17, 15) is 10.1 Å². The van der Waals surface area contributed by atoms with Crippen LogP contribution in [0.5, 0.6) is 0 Å². The van der Waals surface area contributed by atoms with Crippen molar-refractivity contribution in [1.82, 2.24) is 10.6 Å². The molecule has 0 radical (unpaired) electrons. The van der Waals surface area contributed by atoms with E-state index in [-0.39, 0.29) is 11.8 Å². The fourth-order valence-corrected chi connectivity index (χ4v) is 2.67. The Hall–Kier alpha value is -2.19. The molecule has 1 aromatic carbocycles. The molecule has 1 fully saturated rings. The molecule has 1 atom stereocenters. The van der Waals surface area contributed by atoms with Gasteiger partial charge >= 0.3 is 0 Å². The average molecular weight is 364 g/mol. The number of ether oxygens (including phenoxy) is 2. The molecule has 8 nitrogen and oxygen atoms in total. The minimum Gasteiger partial charge on any atom is -0.385 e. The number of nitrogens with one attached hydrogen (secondary N) is 2. The number of non-ortho nitro benzene ring substituents is 1. The Morgan fingerprint density at radius 3 is 2.81 bits per heavy atom. The van der Waals surface area contributed by atoms with E-state index in [1.807, 2.05) is 0 Å². The van der Waals surface area contributed by atoms with Gasteiger partial charge in [-0.05, 0) is 31.2 Å². The molecule has 0 saturated carbocycles. The lowest BCUT2D eigenvalue weighted by molar-refractivity contribution is -0.384. The summed E-state index contributed by atoms with van der Waals surface area (Å²) >= 11 is 0. The zero-order chi connectivity index (χ0) is 18.6. The molecule has 0 aliphatic carbocycles. The van der Waals surface area contributed by atoms with Gasteiger partial charge in [-0.1, -0.05) is 12.1 Å². The highest BCUT2D eigenvalue weighted by atomic mass is 16.6. The second-order valence-corrected chi connectivity index (χ2v) is 6.23. The first kappa shape index (κ1) is 20.1. The summed E-state index contributed by atoms with van der Waals surface area (Å²) in [5.74, 6) is 0.716. The van der Waals surface area contributed by atoms with Gasteiger partial charge in [-0.2, -0.15) is 0 Å². The van der Waals surface area contributed by atoms with Crippen LogP contribution in [0.2, 0.25) is 0 Å². The van der Waals surface area contributed by atoms with Crippen molar-refractivity contribution >= 4 is 11.6 Å². The second kappa shape index (κ2) is 11.4. The molecule has 1 aromatic rings. The standard InChI is InChI=1S/C18H28N4O4/c1-25-11-4-10-19-18(21-14-17-5-2-3-12-26-17)20-13-15-6-8-16(9-7-15)22(23)24/h6-9,17H,2-5,10-14H2,1H3,(H2,19,20,21). The Bertz CT molecular complexity index is 571. The van der Waals surface area contributed by atoms with Crippen LogP contribution < -0.4 is 10.6 Å². The molecule has 0 spiro atoms. The maximum Gasteiger partial charge on any atom is 0.269 e. The molecule has 1 heterocycles. The third-order valence-corrected chi connectivity index (χ3v) is 4.16. The number of aliphatic imine (C=N–C) groups is 1. The van der Waals surface area contributed by atoms with E-state index in [0.717, 1.165) is 44.5 Å². The van der Waals surface area contributed by atoms with Gasteiger partial charge in [-0.25, -0.2) is 4.99 Å². The Morgan fingerprint density at radius 2 is 2.15 bits per heavy atom. The van der Waals surface area contributed by atoms with Crippen LogP contribution in [-0.4, -0.2) is 50.4 Å². The fraction of sp³-hybridized carbons (Fsp3) is 0.611. The Morgan fingerprint density at radius 1 is 1.35 bits per heavy atom. The number of benzene rings is 1. The van der Waals surface area contributed by atoms with Crippen molar-refractivity contribution < 1.29 is 14.4 Å². The predicted molar refractivity (Wildman–Crippen MR) is 100 cm³/mol. The van der Waals surface area contributed by atoms with E-state index in [1.165, 1.54) is 18.6 Å². The highest BCUT2D eigenvalue weighted by Crippen LogP contribution is 2.13. The van der Waals surface area contributed by atoms with E-state index in [0.29, 0.717) is 19.1 Å². The molecule has 1 saturated heterocycles. The number of nitro benzene ring substituents is 1. The zero-order valence-electron chi connectivity index (χ0n) is 15.3. The van der Waals surface area contributed by atoms with Crippen molar-refractivity contribution in [3.05, 3.63) is 39.9 Å². The van der Waals surface area contributed by atoms with E-state index in [2.05, 4.69) is 15.6 Å². The van der Waals surface area contributed by atoms with Gasteiger partial charge in [-0.15, -0.1) is 0 Å². The van der Waals surface area contributed by atoms with Gasteiger partial charge in [0.15, 0.2) is 5.96 Å². The summed E-state index contributed by atoms with van der Waals surface area (Å²) in [6.45, 7) is 3.43. The third kappa shape index (κ3) is 7.37. The lowest BCUT2D eigenvalue weighted by Gasteiger charge is -2.23. The SMILES string of the molecule is COCCCNC(=NCc1ccc([N+](=O)[O-])cc1)NCC1CCCCO1. The van der Waals surface area contributed by atoms with Crippen LogP contribution in [0, 0.1) is 10.1 Å². The van der Waals surface area contributed by atoms with Gasteiger partial charge in [0.05, 0.1) is 17.6 Å². The van der Waals surface area contributed by atoms with Crippen molar-refractivity contribution in [3.8, 4) is 0 Å². The van der Waals surface area contributed by atoms with Crippen LogP contribution in [-0.2, 0) is 16.0 Å². The molecular weight excluding hydrogens is 336 g/mol. The van der Waals surface area contributed by atoms with E-state index >= 15 is 0 Å². The normalized spacial score (nSPS) is 17.7. The molecule has 2 rings (SSSR count). The van der Waals surface area contributed by atoms with Gasteiger partial charge < -0.3 is 20.1 Å². The highest BCUT2D eigenvalue weighted by Gasteiger charge is 2.14. The monoisotopic (exact) mass is 364 g/mol. The van der Waals surface area contributed by atoms with Crippen molar-refractivity contribution in [2.24, 2.45) is 4.99 Å². The summed E-state index contributed by atoms with van der Waals surface area (Å²) in [5, 5.41) is 17.3. The fourth-order valence-electron chi connectivity index (χ4n) is 2.67. The quantitative estimate of drug-likeness (QED) is 0.229. The van der Waals surface area contributed by atoms with Crippen LogP contribution in [0.4, 0.5) is 5.69 Å². The molecule has 0 aromatic heterocycles. The van der Waals surface area contributed by atoms with Crippen LogP contribution in [0.1, 0.15) is 31.2 Å². The Balaban J connectivity index is 1.89. The summed E-state index contributed by atoms with van der Waals surface area (Å²) in [6.07, 6.45) is 4.49. The first-order valence-corrected chi connectivity index (χ1v) is 9.05. The minimum absolute atomic E-state index is 0.0863. The first-order valence-electron chi connectivity index (χ1n) is 9.05. The summed E-state index contributed by atoms with van der Waals surface area (Å²) < 4.78 is 10.8. The van der Waals surface area contributed by atoms with Crippen molar-refractivity contribution in [1.29, 1.82) is 0 Å². The number of hydrogen-bond acceptors (Lipinski definition) is 5. The van der Waals surface area contributed by atoms with Crippen molar-refractivity contribution in [3.63, 3.8) is 0 Å². The Kier molecular flexibility index (Phi) is 8.85. The molecule has 0 amide bonds. The summed E-state index contributed by atoms with van der Waals surface area (Å²) in [6, 6.07) is 6.46. The predicted octanol–water partition coefficient (Wildman–Crippen LogP) is 2.24. The van der Waals surface area contributed by atoms with Gasteiger partial charge in [0.25, 0.3) is 5.69 Å². The third-order valence-electron chi connectivity index (χ3n) is 4.16. The summed E-state index contributed by atoms with van der Waals surface area (Å²) in [4.78, 5) is 14.9. The molecule has 1 aliphatic rings. The van der Waals surface area contributed by atoms with Crippen molar-refractivity contribution in [2.75, 3.05) is 33.4 Å². The molecule has 0 bridgehead atoms. The van der Waals surface area contributed by atoms with Gasteiger partial charge in [0, 0.05) is 45.5 Å². The van der Waals surface area contributed by atoms with Crippen LogP contribution in [0.25, 0.3) is 0 Å². The number of nitrogens with zero attached hydrogens (tertiary/aromatic N) is 2. The topological polar surface area (TPSA) is 98.0 Å². The molecule has 8 heteroatoms. The average Bonchev–Trinajstić information content (AvgIpc) is 2.67. The number of guanidine groups is 1. The van der Waals surface area contributed by atoms with Gasteiger partial charge in [-0.3, -0.25) is 10.1 Å². The minimum atomic E-state index is -0.401. The van der Waals surface area contributed by atoms with Gasteiger partial charge in [0.1, 0.15) is 0 Å². The number of methoxy groups -OCH3 is 1. The van der Waals surface area contributed by atoms with E-state index < -0.39 is 4.92 Å². The summed E-state index contributed by atoms with van der Waals surface area (Å²) in [5.41, 5.74) is 1.01. The van der Waals surface area contributed by atoms with Crippen LogP contribution in [0.3, 0.4) is 0 Å². The van der Waals surface area contributed by atoms with Crippen LogP contribution in [0.15, 0.2) is 29.3 Å². The van der Waals surface area contributed by atoms with Gasteiger partial charge in [0.2, 0.25) is 0 Å². The smallest absolute Gasteiger partial charge is 0.269 e. The number of rotatable bonds is 9. The van der Waals surface area contributed by atoms with Crippen molar-refractivity contribution in [2.45, 2.75) is 38.3 Å². The number of nitro groups is 1. The molecule has 26 heavy (non-hydrogen) atoms. The lowest BCUT2D eigenvalue weighted by Crippen LogP contribution is -2.43. The maximum absolute atomic E-state index is 10.7. The Labute approximate surface area is 154 Å². The number of hydrogen-bond donors (Lipinski definition) is 2. The molecule has 1 unspecified atom stereocenters. The first-order chi connectivity index (χ1) is 12.7. The maximum atomic E-state index is 10.7. The molecule has 1 aliphatic heterocycles.